The molecular weight excluding hydrogens is 248 g/mol. The Bertz CT molecular complexity index is 266. The van der Waals surface area contributed by atoms with E-state index in [0.717, 1.165) is 13.8 Å². The predicted molar refractivity (Wildman–Crippen MR) is 56.3 cm³/mol. The number of carbonyl (C=O) groups is 4. The third-order valence-electron chi connectivity index (χ3n) is 1.08. The molecule has 0 rings (SSSR count). The summed E-state index contributed by atoms with van der Waals surface area (Å²) in [5.41, 5.74) is 0. The van der Waals surface area contributed by atoms with Crippen molar-refractivity contribution in [1.82, 2.24) is 0 Å². The topological polar surface area (TPSA) is 105 Å². The molecule has 0 aromatic heterocycles. The lowest BCUT2D eigenvalue weighted by Gasteiger charge is -1.97. The Labute approximate surface area is 104 Å². The van der Waals surface area contributed by atoms with Crippen LogP contribution in [0.15, 0.2) is 0 Å². The fourth-order valence-electron chi connectivity index (χ4n) is 0.328. The van der Waals surface area contributed by atoms with Crippen molar-refractivity contribution in [2.75, 3.05) is 0 Å². The minimum absolute atomic E-state index is 0.205. The number of hydrogen-bond donors (Lipinski definition) is 0. The average Bonchev–Trinajstić information content (AvgIpc) is 2.33. The first-order valence-electron chi connectivity index (χ1n) is 5.09. The molecule has 0 unspecified atom stereocenters. The molecule has 0 atom stereocenters. The molecule has 0 saturated carbocycles. The van der Waals surface area contributed by atoms with Gasteiger partial charge in [0.15, 0.2) is 0 Å². The molecule has 0 spiro atoms. The molecule has 0 aliphatic heterocycles. The maximum absolute atomic E-state index is 10.3. The first kappa shape index (κ1) is 18.3. The minimum Gasteiger partial charge on any atom is -0.248 e. The van der Waals surface area contributed by atoms with Crippen LogP contribution in [0.4, 0.5) is 0 Å². The van der Waals surface area contributed by atoms with Gasteiger partial charge in [0.25, 0.3) is 0 Å². The Morgan fingerprint density at radius 3 is 1.11 bits per heavy atom. The Balaban J connectivity index is 0. The van der Waals surface area contributed by atoms with Crippen LogP contribution in [0.3, 0.4) is 0 Å². The molecule has 0 fully saturated rings. The quantitative estimate of drug-likeness (QED) is 0.533. The SMILES string of the molecule is CC(=O)OOC(C)=O.CCC(=O)OOC(=O)CC. The number of rotatable bonds is 2. The molecule has 0 radical (unpaired) electrons. The maximum atomic E-state index is 10.3. The molecule has 0 heterocycles. The second-order valence-corrected chi connectivity index (χ2v) is 2.77. The third-order valence-corrected chi connectivity index (χ3v) is 1.08. The van der Waals surface area contributed by atoms with Gasteiger partial charge < -0.3 is 0 Å². The van der Waals surface area contributed by atoms with E-state index < -0.39 is 23.9 Å². The molecule has 8 nitrogen and oxygen atoms in total. The van der Waals surface area contributed by atoms with E-state index in [9.17, 15) is 19.2 Å². The highest BCUT2D eigenvalue weighted by atomic mass is 17.2. The van der Waals surface area contributed by atoms with Gasteiger partial charge in [-0.25, -0.2) is 38.7 Å². The normalized spacial score (nSPS) is 8.22. The van der Waals surface area contributed by atoms with Gasteiger partial charge in [0, 0.05) is 26.7 Å². The van der Waals surface area contributed by atoms with Gasteiger partial charge >= 0.3 is 23.9 Å². The highest BCUT2D eigenvalue weighted by Crippen LogP contribution is 1.89. The van der Waals surface area contributed by atoms with E-state index in [1.54, 1.807) is 13.8 Å². The molecule has 104 valence electrons. The van der Waals surface area contributed by atoms with E-state index in [2.05, 4.69) is 19.6 Å². The van der Waals surface area contributed by atoms with Crippen molar-refractivity contribution in [3.05, 3.63) is 0 Å². The van der Waals surface area contributed by atoms with E-state index >= 15 is 0 Å². The van der Waals surface area contributed by atoms with Crippen molar-refractivity contribution in [3.8, 4) is 0 Å². The Morgan fingerprint density at radius 2 is 0.944 bits per heavy atom. The summed E-state index contributed by atoms with van der Waals surface area (Å²) in [5.74, 6) is -2.36. The van der Waals surface area contributed by atoms with Crippen LogP contribution in [-0.4, -0.2) is 23.9 Å². The van der Waals surface area contributed by atoms with Gasteiger partial charge in [-0.05, 0) is 0 Å². The fourth-order valence-corrected chi connectivity index (χ4v) is 0.328. The summed E-state index contributed by atoms with van der Waals surface area (Å²) in [6, 6.07) is 0. The molecular formula is C10H16O8. The Kier molecular flexibility index (Phi) is 11.5. The van der Waals surface area contributed by atoms with E-state index in [1.165, 1.54) is 0 Å². The summed E-state index contributed by atoms with van der Waals surface area (Å²) in [7, 11) is 0. The summed E-state index contributed by atoms with van der Waals surface area (Å²) in [6.07, 6.45) is 0.411. The highest BCUT2D eigenvalue weighted by Gasteiger charge is 2.03. The zero-order chi connectivity index (χ0) is 14.6. The molecule has 8 heteroatoms. The summed E-state index contributed by atoms with van der Waals surface area (Å²) in [6.45, 7) is 5.51. The molecule has 18 heavy (non-hydrogen) atoms. The lowest BCUT2D eigenvalue weighted by atomic mass is 10.5. The molecule has 0 bridgehead atoms. The largest absolute Gasteiger partial charge is 0.355 e. The van der Waals surface area contributed by atoms with Gasteiger partial charge in [-0.1, -0.05) is 13.8 Å². The molecule has 0 aliphatic carbocycles. The lowest BCUT2D eigenvalue weighted by Crippen LogP contribution is -2.08. The van der Waals surface area contributed by atoms with E-state index in [-0.39, 0.29) is 12.8 Å². The standard InChI is InChI=1S/C6H10O4.C4H6O4/c1-3-5(7)9-10-6(8)4-2;1-3(5)7-8-4(2)6/h3-4H2,1-2H3;1-2H3. The monoisotopic (exact) mass is 264 g/mol. The zero-order valence-electron chi connectivity index (χ0n) is 10.7. The van der Waals surface area contributed by atoms with Gasteiger partial charge in [0.1, 0.15) is 0 Å². The molecule has 0 aromatic rings. The van der Waals surface area contributed by atoms with E-state index in [1.807, 2.05) is 0 Å². The van der Waals surface area contributed by atoms with Crippen LogP contribution in [-0.2, 0) is 38.7 Å². The van der Waals surface area contributed by atoms with E-state index in [0.29, 0.717) is 0 Å². The smallest absolute Gasteiger partial charge is 0.248 e. The second kappa shape index (κ2) is 11.4. The first-order chi connectivity index (χ1) is 8.33. The van der Waals surface area contributed by atoms with Crippen molar-refractivity contribution in [2.45, 2.75) is 40.5 Å². The van der Waals surface area contributed by atoms with Crippen molar-refractivity contribution in [2.24, 2.45) is 0 Å². The fraction of sp³-hybridized carbons (Fsp3) is 0.600. The third kappa shape index (κ3) is 16.3. The zero-order valence-corrected chi connectivity index (χ0v) is 10.7. The first-order valence-corrected chi connectivity index (χ1v) is 5.09. The van der Waals surface area contributed by atoms with Crippen LogP contribution in [0, 0.1) is 0 Å². The van der Waals surface area contributed by atoms with Crippen LogP contribution < -0.4 is 0 Å². The van der Waals surface area contributed by atoms with Gasteiger partial charge in [-0.2, -0.15) is 0 Å². The molecule has 0 aromatic carbocycles. The molecule has 0 N–H and O–H groups in total. The number of hydrogen-bond acceptors (Lipinski definition) is 8. The highest BCUT2D eigenvalue weighted by molar-refractivity contribution is 5.72. The Hall–Kier alpha value is -2.12. The van der Waals surface area contributed by atoms with Gasteiger partial charge in [-0.3, -0.25) is 0 Å². The summed E-state index contributed by atoms with van der Waals surface area (Å²) >= 11 is 0. The molecule has 0 aliphatic rings. The Morgan fingerprint density at radius 1 is 0.667 bits per heavy atom. The summed E-state index contributed by atoms with van der Waals surface area (Å²) < 4.78 is 0. The van der Waals surface area contributed by atoms with Crippen LogP contribution in [0.25, 0.3) is 0 Å². The van der Waals surface area contributed by atoms with Crippen molar-refractivity contribution >= 4 is 23.9 Å². The van der Waals surface area contributed by atoms with Crippen molar-refractivity contribution in [3.63, 3.8) is 0 Å². The van der Waals surface area contributed by atoms with Gasteiger partial charge in [-0.15, -0.1) is 0 Å². The van der Waals surface area contributed by atoms with Crippen LogP contribution >= 0.6 is 0 Å². The lowest BCUT2D eigenvalue weighted by molar-refractivity contribution is -0.258. The van der Waals surface area contributed by atoms with Crippen LogP contribution in [0.1, 0.15) is 40.5 Å². The maximum Gasteiger partial charge on any atom is 0.355 e. The molecule has 0 amide bonds. The van der Waals surface area contributed by atoms with Crippen molar-refractivity contribution in [1.29, 1.82) is 0 Å². The van der Waals surface area contributed by atoms with E-state index in [4.69, 9.17) is 0 Å². The summed E-state index contributed by atoms with van der Waals surface area (Å²) in [5, 5.41) is 0. The van der Waals surface area contributed by atoms with Crippen molar-refractivity contribution < 1.29 is 38.7 Å². The van der Waals surface area contributed by atoms with Gasteiger partial charge in [0.2, 0.25) is 0 Å². The predicted octanol–water partition coefficient (Wildman–Crippen LogP) is 0.835. The molecule has 0 saturated heterocycles. The average molecular weight is 264 g/mol. The second-order valence-electron chi connectivity index (χ2n) is 2.77. The van der Waals surface area contributed by atoms with Gasteiger partial charge in [0.05, 0.1) is 0 Å². The van der Waals surface area contributed by atoms with Crippen LogP contribution in [0.5, 0.6) is 0 Å². The number of carbonyl (C=O) groups excluding carboxylic acids is 4. The summed E-state index contributed by atoms with van der Waals surface area (Å²) in [4.78, 5) is 56.1. The van der Waals surface area contributed by atoms with Crippen LogP contribution in [0.2, 0.25) is 0 Å². The minimum atomic E-state index is -0.639.